The molecule has 0 radical (unpaired) electrons. The smallest absolute Gasteiger partial charge is 0.252 e. The number of pyridine rings is 2. The van der Waals surface area contributed by atoms with Crippen LogP contribution in [0.3, 0.4) is 0 Å². The van der Waals surface area contributed by atoms with Crippen molar-refractivity contribution in [2.24, 2.45) is 11.5 Å². The van der Waals surface area contributed by atoms with E-state index in [2.05, 4.69) is 20.6 Å². The molecule has 1 saturated carbocycles. The van der Waals surface area contributed by atoms with Crippen LogP contribution in [0, 0.1) is 5.82 Å². The fraction of sp³-hybridized carbons (Fsp3) is 0.500. The molecule has 0 bridgehead atoms. The predicted octanol–water partition coefficient (Wildman–Crippen LogP) is 2.94. The number of amides is 1. The van der Waals surface area contributed by atoms with E-state index in [1.165, 1.54) is 0 Å². The van der Waals surface area contributed by atoms with Crippen LogP contribution in [0.4, 0.5) is 21.7 Å². The van der Waals surface area contributed by atoms with Crippen LogP contribution in [0.1, 0.15) is 49.4 Å². The molecular formula is C22H31FN6O3. The van der Waals surface area contributed by atoms with Gasteiger partial charge in [0.05, 0.1) is 18.3 Å². The topological polar surface area (TPSA) is 137 Å². The van der Waals surface area contributed by atoms with Crippen molar-refractivity contribution in [3.05, 3.63) is 35.8 Å². The molecule has 0 aliphatic heterocycles. The van der Waals surface area contributed by atoms with E-state index in [-0.39, 0.29) is 35.4 Å². The van der Waals surface area contributed by atoms with E-state index >= 15 is 0 Å². The molecule has 2 heterocycles. The third kappa shape index (κ3) is 6.27. The molecule has 2 aromatic rings. The van der Waals surface area contributed by atoms with Gasteiger partial charge in [-0.3, -0.25) is 4.79 Å². The van der Waals surface area contributed by atoms with Gasteiger partial charge in [0, 0.05) is 43.6 Å². The Labute approximate surface area is 187 Å². The van der Waals surface area contributed by atoms with E-state index in [1.54, 1.807) is 25.4 Å². The van der Waals surface area contributed by atoms with Crippen LogP contribution >= 0.6 is 0 Å². The van der Waals surface area contributed by atoms with E-state index in [9.17, 15) is 9.18 Å². The lowest BCUT2D eigenvalue weighted by Gasteiger charge is -2.30. The maximum absolute atomic E-state index is 14.7. The highest BCUT2D eigenvalue weighted by molar-refractivity contribution is 5.98. The number of anilines is 3. The summed E-state index contributed by atoms with van der Waals surface area (Å²) in [6.45, 7) is 2.38. The molecule has 9 nitrogen and oxygen atoms in total. The number of aromatic nitrogens is 2. The minimum atomic E-state index is -0.793. The molecule has 1 fully saturated rings. The normalized spacial score (nSPS) is 19.2. The summed E-state index contributed by atoms with van der Waals surface area (Å²) < 4.78 is 25.5. The first-order chi connectivity index (χ1) is 15.4. The first-order valence-electron chi connectivity index (χ1n) is 10.8. The molecule has 0 spiro atoms. The molecule has 0 saturated heterocycles. The lowest BCUT2D eigenvalue weighted by Crippen LogP contribution is -2.43. The summed E-state index contributed by atoms with van der Waals surface area (Å²) in [5.74, 6) is -0.894. The number of primary amides is 1. The van der Waals surface area contributed by atoms with Crippen molar-refractivity contribution in [1.29, 1.82) is 0 Å². The van der Waals surface area contributed by atoms with Gasteiger partial charge in [0.2, 0.25) is 5.88 Å². The Balaban J connectivity index is 1.78. The van der Waals surface area contributed by atoms with Crippen molar-refractivity contribution in [2.45, 2.75) is 57.2 Å². The third-order valence-corrected chi connectivity index (χ3v) is 5.56. The van der Waals surface area contributed by atoms with Gasteiger partial charge in [-0.25, -0.2) is 14.4 Å². The van der Waals surface area contributed by atoms with Crippen LogP contribution in [-0.2, 0) is 4.74 Å². The second-order valence-electron chi connectivity index (χ2n) is 7.97. The van der Waals surface area contributed by atoms with Gasteiger partial charge in [-0.2, -0.15) is 0 Å². The zero-order valence-corrected chi connectivity index (χ0v) is 18.4. The van der Waals surface area contributed by atoms with Crippen LogP contribution in [0.2, 0.25) is 0 Å². The van der Waals surface area contributed by atoms with Crippen LogP contribution in [0.15, 0.2) is 24.4 Å². The van der Waals surface area contributed by atoms with Crippen molar-refractivity contribution < 1.29 is 18.7 Å². The van der Waals surface area contributed by atoms with Crippen molar-refractivity contribution >= 4 is 23.2 Å². The summed E-state index contributed by atoms with van der Waals surface area (Å²) in [4.78, 5) is 20.4. The van der Waals surface area contributed by atoms with Gasteiger partial charge in [0.15, 0.2) is 11.6 Å². The quantitative estimate of drug-likeness (QED) is 0.437. The molecule has 10 heteroatoms. The maximum atomic E-state index is 14.7. The first kappa shape index (κ1) is 23.7. The Morgan fingerprint density at radius 2 is 2.09 bits per heavy atom. The second kappa shape index (κ2) is 11.1. The molecular weight excluding hydrogens is 415 g/mol. The van der Waals surface area contributed by atoms with E-state index in [1.807, 2.05) is 6.92 Å². The summed E-state index contributed by atoms with van der Waals surface area (Å²) in [5.41, 5.74) is 12.1. The maximum Gasteiger partial charge on any atom is 0.252 e. The molecule has 3 atom stereocenters. The third-order valence-electron chi connectivity index (χ3n) is 5.56. The average molecular weight is 447 g/mol. The van der Waals surface area contributed by atoms with Gasteiger partial charge in [-0.05, 0) is 31.9 Å². The minimum absolute atomic E-state index is 0.0268. The van der Waals surface area contributed by atoms with Crippen molar-refractivity contribution in [1.82, 2.24) is 9.97 Å². The van der Waals surface area contributed by atoms with Crippen molar-refractivity contribution in [3.63, 3.8) is 0 Å². The molecule has 174 valence electrons. The Kier molecular flexibility index (Phi) is 8.18. The van der Waals surface area contributed by atoms with Gasteiger partial charge in [0.1, 0.15) is 5.82 Å². The highest BCUT2D eigenvalue weighted by Gasteiger charge is 2.24. The number of halogens is 1. The van der Waals surface area contributed by atoms with Gasteiger partial charge in [0.25, 0.3) is 5.91 Å². The van der Waals surface area contributed by atoms with Crippen LogP contribution in [0.5, 0.6) is 5.88 Å². The van der Waals surface area contributed by atoms with Crippen LogP contribution < -0.4 is 26.8 Å². The number of hydrogen-bond donors (Lipinski definition) is 4. The monoisotopic (exact) mass is 446 g/mol. The number of methoxy groups -OCH3 is 1. The molecule has 3 rings (SSSR count). The predicted molar refractivity (Wildman–Crippen MR) is 121 cm³/mol. The van der Waals surface area contributed by atoms with Crippen molar-refractivity contribution in [3.8, 4) is 5.88 Å². The van der Waals surface area contributed by atoms with Gasteiger partial charge < -0.3 is 31.6 Å². The number of carbonyl (C=O) groups excluding carboxylic acids is 1. The zero-order chi connectivity index (χ0) is 23.1. The summed E-state index contributed by atoms with van der Waals surface area (Å²) in [6.07, 6.45) is 6.10. The molecule has 1 aliphatic carbocycles. The molecule has 2 aromatic heterocycles. The second-order valence-corrected chi connectivity index (χ2v) is 7.97. The Morgan fingerprint density at radius 3 is 2.81 bits per heavy atom. The zero-order valence-electron chi connectivity index (χ0n) is 18.4. The lowest BCUT2D eigenvalue weighted by atomic mass is 9.91. The average Bonchev–Trinajstić information content (AvgIpc) is 2.77. The Bertz CT molecular complexity index is 929. The molecule has 1 aliphatic rings. The molecule has 32 heavy (non-hydrogen) atoms. The lowest BCUT2D eigenvalue weighted by molar-refractivity contribution is 0.0948. The number of rotatable bonds is 10. The largest absolute Gasteiger partial charge is 0.478 e. The summed E-state index contributed by atoms with van der Waals surface area (Å²) in [7, 11) is 1.64. The summed E-state index contributed by atoms with van der Waals surface area (Å²) >= 11 is 0. The number of nitrogens with one attached hydrogen (secondary N) is 2. The van der Waals surface area contributed by atoms with Gasteiger partial charge >= 0.3 is 0 Å². The Morgan fingerprint density at radius 1 is 1.31 bits per heavy atom. The number of nitrogens with two attached hydrogens (primary N) is 2. The SMILES string of the molecule is COC(C)CCOc1cc(Nc2nc(NC3CCCCC3N)c(F)cc2C(N)=O)ccn1. The summed E-state index contributed by atoms with van der Waals surface area (Å²) in [6, 6.07) is 4.26. The van der Waals surface area contributed by atoms with E-state index in [4.69, 9.17) is 20.9 Å². The molecule has 6 N–H and O–H groups in total. The van der Waals surface area contributed by atoms with Crippen LogP contribution in [0.25, 0.3) is 0 Å². The van der Waals surface area contributed by atoms with Crippen molar-refractivity contribution in [2.75, 3.05) is 24.4 Å². The molecule has 0 aromatic carbocycles. The van der Waals surface area contributed by atoms with E-state index in [0.29, 0.717) is 24.6 Å². The first-order valence-corrected chi connectivity index (χ1v) is 10.8. The number of hydrogen-bond acceptors (Lipinski definition) is 8. The fourth-order valence-electron chi connectivity index (χ4n) is 3.54. The van der Waals surface area contributed by atoms with Gasteiger partial charge in [-0.15, -0.1) is 0 Å². The summed E-state index contributed by atoms with van der Waals surface area (Å²) in [5, 5.41) is 6.12. The highest BCUT2D eigenvalue weighted by Crippen LogP contribution is 2.27. The fourth-order valence-corrected chi connectivity index (χ4v) is 3.54. The number of nitrogens with zero attached hydrogens (tertiary/aromatic N) is 2. The molecule has 3 unspecified atom stereocenters. The van der Waals surface area contributed by atoms with Crippen LogP contribution in [-0.4, -0.2) is 47.8 Å². The minimum Gasteiger partial charge on any atom is -0.478 e. The molecule has 1 amide bonds. The van der Waals surface area contributed by atoms with E-state index in [0.717, 1.165) is 31.7 Å². The number of ether oxygens (including phenoxy) is 2. The number of carbonyl (C=O) groups is 1. The highest BCUT2D eigenvalue weighted by atomic mass is 19.1. The standard InChI is InChI=1S/C22H31FN6O3/c1-13(31-2)8-10-32-19-11-14(7-9-26-19)27-21-15(20(25)30)12-16(23)22(29-21)28-18-6-4-3-5-17(18)24/h7,9,11-13,17-18H,3-6,8,10,24H2,1-2H3,(H2,25,30)(H2,26,27,28,29). The Hall–Kier alpha value is -2.98. The van der Waals surface area contributed by atoms with E-state index < -0.39 is 11.7 Å². The van der Waals surface area contributed by atoms with Gasteiger partial charge in [-0.1, -0.05) is 12.8 Å².